The molecule has 0 unspecified atom stereocenters. The van der Waals surface area contributed by atoms with Crippen molar-refractivity contribution in [3.63, 3.8) is 0 Å². The summed E-state index contributed by atoms with van der Waals surface area (Å²) in [4.78, 5) is 11.1. The Kier molecular flexibility index (Phi) is 4.25. The number of rotatable bonds is 4. The third-order valence-electron chi connectivity index (χ3n) is 3.72. The van der Waals surface area contributed by atoms with E-state index in [9.17, 15) is 18.0 Å². The number of carbonyl (C=O) groups excluding carboxylic acids is 1. The van der Waals surface area contributed by atoms with Crippen LogP contribution in [0.1, 0.15) is 21.5 Å². The lowest BCUT2D eigenvalue weighted by atomic mass is 10.0. The predicted octanol–water partition coefficient (Wildman–Crippen LogP) is 5.25. The summed E-state index contributed by atoms with van der Waals surface area (Å²) < 4.78 is 43.4. The molecule has 24 heavy (non-hydrogen) atoms. The van der Waals surface area contributed by atoms with Crippen molar-refractivity contribution in [2.75, 3.05) is 0 Å². The zero-order valence-corrected chi connectivity index (χ0v) is 12.5. The summed E-state index contributed by atoms with van der Waals surface area (Å²) in [6, 6.07) is 15.5. The second-order valence-corrected chi connectivity index (χ2v) is 5.30. The maximum Gasteiger partial charge on any atom is 0.416 e. The molecule has 0 atom stereocenters. The molecular weight excluding hydrogens is 317 g/mol. The van der Waals surface area contributed by atoms with E-state index in [0.29, 0.717) is 16.9 Å². The van der Waals surface area contributed by atoms with Crippen LogP contribution in [-0.2, 0) is 12.8 Å². The summed E-state index contributed by atoms with van der Waals surface area (Å²) in [5, 5.41) is 1.56. The van der Waals surface area contributed by atoms with Crippen LogP contribution >= 0.6 is 0 Å². The van der Waals surface area contributed by atoms with Crippen LogP contribution in [0.4, 0.5) is 13.2 Å². The fourth-order valence-corrected chi connectivity index (χ4v) is 2.47. The number of ether oxygens (including phenoxy) is 1. The van der Waals surface area contributed by atoms with Crippen LogP contribution in [0.15, 0.2) is 60.7 Å². The molecule has 0 aromatic heterocycles. The minimum Gasteiger partial charge on any atom is -0.488 e. The second-order valence-electron chi connectivity index (χ2n) is 5.30. The average Bonchev–Trinajstić information content (AvgIpc) is 2.59. The third kappa shape index (κ3) is 3.25. The Balaban J connectivity index is 1.82. The predicted molar refractivity (Wildman–Crippen MR) is 85.1 cm³/mol. The molecule has 0 radical (unpaired) electrons. The summed E-state index contributed by atoms with van der Waals surface area (Å²) in [7, 11) is 0. The molecule has 0 saturated carbocycles. The lowest BCUT2D eigenvalue weighted by Crippen LogP contribution is -2.05. The molecule has 3 aromatic rings. The molecule has 0 fully saturated rings. The number of hydrogen-bond acceptors (Lipinski definition) is 2. The number of alkyl halides is 3. The minimum atomic E-state index is -4.35. The lowest BCUT2D eigenvalue weighted by molar-refractivity contribution is -0.137. The van der Waals surface area contributed by atoms with Gasteiger partial charge in [-0.05, 0) is 35.2 Å². The van der Waals surface area contributed by atoms with E-state index in [2.05, 4.69) is 0 Å². The van der Waals surface area contributed by atoms with Crippen molar-refractivity contribution in [1.82, 2.24) is 0 Å². The van der Waals surface area contributed by atoms with Crippen molar-refractivity contribution in [2.45, 2.75) is 12.8 Å². The number of fused-ring (bicyclic) bond motifs is 1. The SMILES string of the molecule is O=Cc1ccc(OCc2ccc(C(F)(F)F)cc2)c2ccccc12. The monoisotopic (exact) mass is 330 g/mol. The summed E-state index contributed by atoms with van der Waals surface area (Å²) in [6.45, 7) is 0.141. The van der Waals surface area contributed by atoms with E-state index in [-0.39, 0.29) is 6.61 Å². The van der Waals surface area contributed by atoms with Crippen molar-refractivity contribution in [1.29, 1.82) is 0 Å². The van der Waals surface area contributed by atoms with Crippen LogP contribution in [0.3, 0.4) is 0 Å². The van der Waals surface area contributed by atoms with Crippen LogP contribution in [0, 0.1) is 0 Å². The molecule has 0 aliphatic rings. The summed E-state index contributed by atoms with van der Waals surface area (Å²) >= 11 is 0. The zero-order chi connectivity index (χ0) is 17.2. The molecule has 122 valence electrons. The van der Waals surface area contributed by atoms with Crippen molar-refractivity contribution < 1.29 is 22.7 Å². The summed E-state index contributed by atoms with van der Waals surface area (Å²) in [5.41, 5.74) is 0.506. The highest BCUT2D eigenvalue weighted by Gasteiger charge is 2.29. The number of benzene rings is 3. The van der Waals surface area contributed by atoms with E-state index < -0.39 is 11.7 Å². The number of halogens is 3. The van der Waals surface area contributed by atoms with Gasteiger partial charge in [0.2, 0.25) is 0 Å². The number of hydrogen-bond donors (Lipinski definition) is 0. The molecule has 0 N–H and O–H groups in total. The molecule has 0 saturated heterocycles. The highest BCUT2D eigenvalue weighted by atomic mass is 19.4. The average molecular weight is 330 g/mol. The van der Waals surface area contributed by atoms with Gasteiger partial charge in [0.1, 0.15) is 12.4 Å². The molecular formula is C19H13F3O2. The van der Waals surface area contributed by atoms with Gasteiger partial charge in [-0.25, -0.2) is 0 Å². The normalized spacial score (nSPS) is 11.5. The van der Waals surface area contributed by atoms with Gasteiger partial charge in [-0.1, -0.05) is 36.4 Å². The van der Waals surface area contributed by atoms with Gasteiger partial charge in [-0.15, -0.1) is 0 Å². The molecule has 0 bridgehead atoms. The van der Waals surface area contributed by atoms with E-state index in [1.165, 1.54) is 12.1 Å². The van der Waals surface area contributed by atoms with E-state index in [4.69, 9.17) is 4.74 Å². The first-order valence-corrected chi connectivity index (χ1v) is 7.25. The Hall–Kier alpha value is -2.82. The van der Waals surface area contributed by atoms with Crippen LogP contribution in [-0.4, -0.2) is 6.29 Å². The van der Waals surface area contributed by atoms with Crippen molar-refractivity contribution >= 4 is 17.1 Å². The van der Waals surface area contributed by atoms with Gasteiger partial charge >= 0.3 is 6.18 Å². The van der Waals surface area contributed by atoms with Crippen molar-refractivity contribution in [3.05, 3.63) is 77.4 Å². The van der Waals surface area contributed by atoms with Gasteiger partial charge in [0.25, 0.3) is 0 Å². The molecule has 0 spiro atoms. The second kappa shape index (κ2) is 6.35. The Bertz CT molecular complexity index is 868. The fraction of sp³-hybridized carbons (Fsp3) is 0.105. The molecule has 3 aromatic carbocycles. The molecule has 0 aliphatic carbocycles. The molecule has 2 nitrogen and oxygen atoms in total. The van der Waals surface area contributed by atoms with Gasteiger partial charge in [-0.2, -0.15) is 13.2 Å². The molecule has 3 rings (SSSR count). The largest absolute Gasteiger partial charge is 0.488 e. The van der Waals surface area contributed by atoms with Crippen LogP contribution < -0.4 is 4.74 Å². The van der Waals surface area contributed by atoms with E-state index in [0.717, 1.165) is 29.2 Å². The number of aldehydes is 1. The van der Waals surface area contributed by atoms with E-state index in [1.54, 1.807) is 12.1 Å². The quantitative estimate of drug-likeness (QED) is 0.611. The van der Waals surface area contributed by atoms with Gasteiger partial charge in [0.05, 0.1) is 5.56 Å². The van der Waals surface area contributed by atoms with Gasteiger partial charge in [-0.3, -0.25) is 4.79 Å². The first kappa shape index (κ1) is 16.1. The third-order valence-corrected chi connectivity index (χ3v) is 3.72. The lowest BCUT2D eigenvalue weighted by Gasteiger charge is -2.11. The maximum absolute atomic E-state index is 12.6. The Labute approximate surface area is 136 Å². The topological polar surface area (TPSA) is 26.3 Å². The van der Waals surface area contributed by atoms with Gasteiger partial charge < -0.3 is 4.74 Å². The number of carbonyl (C=O) groups is 1. The van der Waals surface area contributed by atoms with E-state index in [1.807, 2.05) is 24.3 Å². The van der Waals surface area contributed by atoms with Gasteiger partial charge in [0, 0.05) is 10.9 Å². The standard InChI is InChI=1S/C19H13F3O2/c20-19(21,22)15-8-5-13(6-9-15)12-24-18-10-7-14(11-23)16-3-1-2-4-17(16)18/h1-11H,12H2. The first-order valence-electron chi connectivity index (χ1n) is 7.25. The Morgan fingerprint density at radius 3 is 2.17 bits per heavy atom. The zero-order valence-electron chi connectivity index (χ0n) is 12.5. The summed E-state index contributed by atoms with van der Waals surface area (Å²) in [5.74, 6) is 0.580. The van der Waals surface area contributed by atoms with Crippen LogP contribution in [0.2, 0.25) is 0 Å². The minimum absolute atomic E-state index is 0.141. The maximum atomic E-state index is 12.6. The first-order chi connectivity index (χ1) is 11.5. The smallest absolute Gasteiger partial charge is 0.416 e. The Morgan fingerprint density at radius 1 is 0.875 bits per heavy atom. The van der Waals surface area contributed by atoms with Crippen molar-refractivity contribution in [2.24, 2.45) is 0 Å². The Morgan fingerprint density at radius 2 is 1.54 bits per heavy atom. The van der Waals surface area contributed by atoms with E-state index >= 15 is 0 Å². The molecule has 0 heterocycles. The van der Waals surface area contributed by atoms with Crippen LogP contribution in [0.25, 0.3) is 10.8 Å². The summed E-state index contributed by atoms with van der Waals surface area (Å²) in [6.07, 6.45) is -3.57. The van der Waals surface area contributed by atoms with Crippen LogP contribution in [0.5, 0.6) is 5.75 Å². The fourth-order valence-electron chi connectivity index (χ4n) is 2.47. The highest BCUT2D eigenvalue weighted by Crippen LogP contribution is 2.30. The highest BCUT2D eigenvalue weighted by molar-refractivity contribution is 6.00. The van der Waals surface area contributed by atoms with Gasteiger partial charge in [0.15, 0.2) is 6.29 Å². The molecule has 5 heteroatoms. The molecule has 0 aliphatic heterocycles. The van der Waals surface area contributed by atoms with Crippen molar-refractivity contribution in [3.8, 4) is 5.75 Å². The molecule has 0 amide bonds.